The fourth-order valence-electron chi connectivity index (χ4n) is 3.35. The Morgan fingerprint density at radius 3 is 2.73 bits per heavy atom. The number of hydrogen-bond acceptors (Lipinski definition) is 4. The van der Waals surface area contributed by atoms with Crippen molar-refractivity contribution < 1.29 is 9.21 Å². The molecule has 1 aromatic carbocycles. The van der Waals surface area contributed by atoms with Crippen LogP contribution in [0.5, 0.6) is 0 Å². The first-order valence-electron chi connectivity index (χ1n) is 7.67. The zero-order valence-electron chi connectivity index (χ0n) is 12.3. The molecule has 2 aliphatic heterocycles. The van der Waals surface area contributed by atoms with Gasteiger partial charge in [0.1, 0.15) is 5.66 Å². The summed E-state index contributed by atoms with van der Waals surface area (Å²) in [6.45, 7) is 2.79. The van der Waals surface area contributed by atoms with E-state index in [0.29, 0.717) is 0 Å². The highest BCUT2D eigenvalue weighted by Gasteiger charge is 2.39. The van der Waals surface area contributed by atoms with Crippen molar-refractivity contribution in [1.29, 1.82) is 0 Å². The largest absolute Gasteiger partial charge is 0.472 e. The molecule has 1 amide bonds. The number of rotatable bonds is 2. The molecule has 0 radical (unpaired) electrons. The number of para-hydroxylation sites is 1. The highest BCUT2D eigenvalue weighted by Crippen LogP contribution is 2.31. The molecule has 1 spiro atoms. The van der Waals surface area contributed by atoms with Crippen LogP contribution in [0.4, 0.5) is 5.69 Å². The van der Waals surface area contributed by atoms with Gasteiger partial charge in [-0.25, -0.2) is 0 Å². The summed E-state index contributed by atoms with van der Waals surface area (Å²) in [5.74, 6) is 0.0256. The molecule has 5 heteroatoms. The van der Waals surface area contributed by atoms with E-state index in [0.717, 1.165) is 43.7 Å². The Labute approximate surface area is 129 Å². The summed E-state index contributed by atoms with van der Waals surface area (Å²) in [4.78, 5) is 14.7. The fraction of sp³-hybridized carbons (Fsp3) is 0.353. The predicted molar refractivity (Wildman–Crippen MR) is 83.5 cm³/mol. The van der Waals surface area contributed by atoms with Crippen LogP contribution in [0, 0.1) is 0 Å². The van der Waals surface area contributed by atoms with Crippen molar-refractivity contribution in [3.63, 3.8) is 0 Å². The second-order valence-corrected chi connectivity index (χ2v) is 6.11. The van der Waals surface area contributed by atoms with Gasteiger partial charge in [0, 0.05) is 43.7 Å². The third-order valence-electron chi connectivity index (χ3n) is 4.59. The molecule has 3 heterocycles. The second kappa shape index (κ2) is 5.18. The predicted octanol–water partition coefficient (Wildman–Crippen LogP) is 2.43. The molecule has 0 atom stereocenters. The quantitative estimate of drug-likeness (QED) is 0.894. The average Bonchev–Trinajstić information content (AvgIpc) is 3.03. The van der Waals surface area contributed by atoms with E-state index in [1.807, 2.05) is 30.3 Å². The Kier molecular flexibility index (Phi) is 3.15. The number of hydrogen-bond donors (Lipinski definition) is 2. The average molecular weight is 297 g/mol. The molecule has 1 aromatic heterocycles. The zero-order chi connectivity index (χ0) is 15.0. The third-order valence-corrected chi connectivity index (χ3v) is 4.59. The molecule has 0 unspecified atom stereocenters. The summed E-state index contributed by atoms with van der Waals surface area (Å²) in [6, 6.07) is 9.70. The van der Waals surface area contributed by atoms with Crippen molar-refractivity contribution in [2.75, 3.05) is 18.4 Å². The van der Waals surface area contributed by atoms with Gasteiger partial charge in [0.2, 0.25) is 0 Å². The van der Waals surface area contributed by atoms with E-state index in [4.69, 9.17) is 4.42 Å². The van der Waals surface area contributed by atoms with Crippen LogP contribution in [0.15, 0.2) is 47.3 Å². The summed E-state index contributed by atoms with van der Waals surface area (Å²) in [6.07, 6.45) is 5.29. The zero-order valence-corrected chi connectivity index (χ0v) is 12.3. The van der Waals surface area contributed by atoms with Gasteiger partial charge in [0.05, 0.1) is 18.1 Å². The van der Waals surface area contributed by atoms with Crippen molar-refractivity contribution in [1.82, 2.24) is 10.2 Å². The van der Waals surface area contributed by atoms with E-state index in [-0.39, 0.29) is 11.6 Å². The number of nitrogens with one attached hydrogen (secondary N) is 2. The van der Waals surface area contributed by atoms with Crippen LogP contribution in [0.1, 0.15) is 28.8 Å². The monoisotopic (exact) mass is 297 g/mol. The minimum Gasteiger partial charge on any atom is -0.472 e. The molecular formula is C17H19N3O2. The van der Waals surface area contributed by atoms with E-state index < -0.39 is 0 Å². The number of benzene rings is 1. The summed E-state index contributed by atoms with van der Waals surface area (Å²) < 4.78 is 5.12. The summed E-state index contributed by atoms with van der Waals surface area (Å²) in [5.41, 5.74) is 2.56. The molecule has 22 heavy (non-hydrogen) atoms. The van der Waals surface area contributed by atoms with Gasteiger partial charge in [0.25, 0.3) is 5.91 Å². The van der Waals surface area contributed by atoms with Crippen LogP contribution in [-0.2, 0) is 6.54 Å². The van der Waals surface area contributed by atoms with Crippen LogP contribution >= 0.6 is 0 Å². The first-order valence-corrected chi connectivity index (χ1v) is 7.67. The second-order valence-electron chi connectivity index (χ2n) is 6.11. The Balaban J connectivity index is 1.46. The molecular weight excluding hydrogens is 278 g/mol. The van der Waals surface area contributed by atoms with Gasteiger partial charge in [0.15, 0.2) is 0 Å². The Bertz CT molecular complexity index is 673. The lowest BCUT2D eigenvalue weighted by atomic mass is 9.92. The van der Waals surface area contributed by atoms with Gasteiger partial charge < -0.3 is 15.1 Å². The third kappa shape index (κ3) is 2.37. The van der Waals surface area contributed by atoms with Gasteiger partial charge in [-0.2, -0.15) is 0 Å². The number of amides is 1. The van der Waals surface area contributed by atoms with E-state index in [9.17, 15) is 4.79 Å². The Morgan fingerprint density at radius 2 is 1.95 bits per heavy atom. The number of likely N-dealkylation sites (tertiary alicyclic amines) is 1. The summed E-state index contributed by atoms with van der Waals surface area (Å²) >= 11 is 0. The van der Waals surface area contributed by atoms with Crippen molar-refractivity contribution in [2.24, 2.45) is 0 Å². The Hall–Kier alpha value is -2.27. The maximum Gasteiger partial charge on any atom is 0.255 e. The molecule has 2 aliphatic rings. The molecule has 5 nitrogen and oxygen atoms in total. The molecule has 2 aromatic rings. The van der Waals surface area contributed by atoms with Crippen LogP contribution in [0.3, 0.4) is 0 Å². The smallest absolute Gasteiger partial charge is 0.255 e. The molecule has 0 bridgehead atoms. The van der Waals surface area contributed by atoms with Crippen LogP contribution in [0.2, 0.25) is 0 Å². The number of carbonyl (C=O) groups excluding carboxylic acids is 1. The molecule has 1 saturated heterocycles. The lowest BCUT2D eigenvalue weighted by Gasteiger charge is -2.45. The van der Waals surface area contributed by atoms with Crippen molar-refractivity contribution in [3.8, 4) is 0 Å². The van der Waals surface area contributed by atoms with E-state index in [2.05, 4.69) is 15.5 Å². The number of nitrogens with zero attached hydrogens (tertiary/aromatic N) is 1. The summed E-state index contributed by atoms with van der Waals surface area (Å²) in [7, 11) is 0. The maximum atomic E-state index is 12.3. The van der Waals surface area contributed by atoms with Gasteiger partial charge in [-0.3, -0.25) is 9.69 Å². The minimum atomic E-state index is -0.307. The minimum absolute atomic E-state index is 0.0256. The van der Waals surface area contributed by atoms with Crippen LogP contribution in [0.25, 0.3) is 0 Å². The van der Waals surface area contributed by atoms with Gasteiger partial charge in [-0.05, 0) is 18.2 Å². The highest BCUT2D eigenvalue weighted by atomic mass is 16.3. The van der Waals surface area contributed by atoms with Gasteiger partial charge in [-0.1, -0.05) is 12.1 Å². The molecule has 4 rings (SSSR count). The fourth-order valence-corrected chi connectivity index (χ4v) is 3.35. The van der Waals surface area contributed by atoms with Gasteiger partial charge >= 0.3 is 0 Å². The number of piperidine rings is 1. The summed E-state index contributed by atoms with van der Waals surface area (Å²) in [5, 5.41) is 6.72. The SMILES string of the molecule is O=C1NC2(CCN(Cc3ccoc3)CC2)Nc2ccccc21. The number of fused-ring (bicyclic) bond motifs is 1. The van der Waals surface area contributed by atoms with E-state index >= 15 is 0 Å². The van der Waals surface area contributed by atoms with Crippen molar-refractivity contribution in [2.45, 2.75) is 25.0 Å². The van der Waals surface area contributed by atoms with Crippen LogP contribution < -0.4 is 10.6 Å². The van der Waals surface area contributed by atoms with Crippen molar-refractivity contribution in [3.05, 3.63) is 54.0 Å². The molecule has 0 aliphatic carbocycles. The normalized spacial score (nSPS) is 20.3. The lowest BCUT2D eigenvalue weighted by molar-refractivity contribution is 0.0822. The standard InChI is InChI=1S/C17H19N3O2/c21-16-14-3-1-2-4-15(14)18-17(19-16)6-8-20(9-7-17)11-13-5-10-22-12-13/h1-5,10,12,18H,6-9,11H2,(H,19,21). The number of furan rings is 1. The van der Waals surface area contributed by atoms with E-state index in [1.54, 1.807) is 12.5 Å². The Morgan fingerprint density at radius 1 is 1.14 bits per heavy atom. The molecule has 2 N–H and O–H groups in total. The van der Waals surface area contributed by atoms with Crippen molar-refractivity contribution >= 4 is 11.6 Å². The maximum absolute atomic E-state index is 12.3. The van der Waals surface area contributed by atoms with Crippen LogP contribution in [-0.4, -0.2) is 29.6 Å². The first-order chi connectivity index (χ1) is 10.7. The lowest BCUT2D eigenvalue weighted by Crippen LogP contribution is -2.62. The molecule has 114 valence electrons. The highest BCUT2D eigenvalue weighted by molar-refractivity contribution is 6.02. The molecule has 1 fully saturated rings. The topological polar surface area (TPSA) is 57.5 Å². The number of carbonyl (C=O) groups is 1. The molecule has 0 saturated carbocycles. The van der Waals surface area contributed by atoms with E-state index in [1.165, 1.54) is 5.56 Å². The first kappa shape index (κ1) is 13.4. The van der Waals surface area contributed by atoms with Gasteiger partial charge in [-0.15, -0.1) is 0 Å². The number of anilines is 1.